The van der Waals surface area contributed by atoms with Crippen molar-refractivity contribution in [3.05, 3.63) is 35.4 Å². The summed E-state index contributed by atoms with van der Waals surface area (Å²) in [5.74, 6) is -0.733. The molecule has 0 bridgehead atoms. The molecule has 1 unspecified atom stereocenters. The number of hydrogen-bond acceptors (Lipinski definition) is 4. The Morgan fingerprint density at radius 3 is 2.89 bits per heavy atom. The third-order valence-corrected chi connectivity index (χ3v) is 3.30. The first-order valence-electron chi connectivity index (χ1n) is 6.18. The number of aliphatic hydroxyl groups excluding tert-OH is 1. The maximum absolute atomic E-state index is 11.8. The first-order chi connectivity index (χ1) is 9.13. The van der Waals surface area contributed by atoms with Crippen molar-refractivity contribution in [2.75, 3.05) is 13.7 Å². The fraction of sp³-hybridized carbons (Fsp3) is 0.429. The average Bonchev–Trinajstić information content (AvgIpc) is 2.79. The van der Waals surface area contributed by atoms with E-state index in [1.54, 1.807) is 4.90 Å². The quantitative estimate of drug-likeness (QED) is 0.812. The summed E-state index contributed by atoms with van der Waals surface area (Å²) in [6, 6.07) is 7.43. The lowest BCUT2D eigenvalue weighted by molar-refractivity contribution is -0.145. The van der Waals surface area contributed by atoms with Crippen LogP contribution < -0.4 is 0 Å². The Balaban J connectivity index is 2.03. The standard InChI is InChI=1S/C14H17NO4/c1-19-14(18)12-6-13(17)15(8-12)7-10-3-2-4-11(5-10)9-16/h2-5,12,16H,6-9H2,1H3. The highest BCUT2D eigenvalue weighted by atomic mass is 16.5. The van der Waals surface area contributed by atoms with E-state index in [0.717, 1.165) is 11.1 Å². The zero-order chi connectivity index (χ0) is 13.8. The summed E-state index contributed by atoms with van der Waals surface area (Å²) >= 11 is 0. The van der Waals surface area contributed by atoms with Crippen LogP contribution in [0.4, 0.5) is 0 Å². The topological polar surface area (TPSA) is 66.8 Å². The first-order valence-corrected chi connectivity index (χ1v) is 6.18. The lowest BCUT2D eigenvalue weighted by Crippen LogP contribution is -2.26. The molecule has 102 valence electrons. The van der Waals surface area contributed by atoms with Crippen molar-refractivity contribution >= 4 is 11.9 Å². The summed E-state index contributed by atoms with van der Waals surface area (Å²) in [6.45, 7) is 0.835. The fourth-order valence-electron chi connectivity index (χ4n) is 2.30. The van der Waals surface area contributed by atoms with Gasteiger partial charge >= 0.3 is 5.97 Å². The van der Waals surface area contributed by atoms with Crippen LogP contribution in [-0.2, 0) is 27.5 Å². The summed E-state index contributed by atoms with van der Waals surface area (Å²) in [5, 5.41) is 9.08. The van der Waals surface area contributed by atoms with Crippen molar-refractivity contribution in [1.82, 2.24) is 4.90 Å². The molecule has 19 heavy (non-hydrogen) atoms. The fourth-order valence-corrected chi connectivity index (χ4v) is 2.30. The summed E-state index contributed by atoms with van der Waals surface area (Å²) in [7, 11) is 1.33. The van der Waals surface area contributed by atoms with Gasteiger partial charge in [0.05, 0.1) is 19.6 Å². The van der Waals surface area contributed by atoms with Crippen LogP contribution in [0.15, 0.2) is 24.3 Å². The number of methoxy groups -OCH3 is 1. The van der Waals surface area contributed by atoms with Crippen LogP contribution in [0.1, 0.15) is 17.5 Å². The van der Waals surface area contributed by atoms with Gasteiger partial charge in [-0.3, -0.25) is 9.59 Å². The Morgan fingerprint density at radius 1 is 1.47 bits per heavy atom. The second-order valence-corrected chi connectivity index (χ2v) is 4.68. The van der Waals surface area contributed by atoms with Gasteiger partial charge in [-0.15, -0.1) is 0 Å². The number of benzene rings is 1. The van der Waals surface area contributed by atoms with E-state index < -0.39 is 0 Å². The Labute approximate surface area is 111 Å². The van der Waals surface area contributed by atoms with E-state index in [2.05, 4.69) is 4.74 Å². The van der Waals surface area contributed by atoms with E-state index in [1.165, 1.54) is 7.11 Å². The third kappa shape index (κ3) is 3.12. The molecule has 5 nitrogen and oxygen atoms in total. The van der Waals surface area contributed by atoms with Gasteiger partial charge in [-0.25, -0.2) is 0 Å². The number of hydrogen-bond donors (Lipinski definition) is 1. The first kappa shape index (κ1) is 13.5. The number of carbonyl (C=O) groups is 2. The van der Waals surface area contributed by atoms with Crippen LogP contribution >= 0.6 is 0 Å². The summed E-state index contributed by atoms with van der Waals surface area (Å²) < 4.78 is 4.67. The molecule has 1 aliphatic rings. The maximum Gasteiger partial charge on any atom is 0.310 e. The number of carbonyl (C=O) groups excluding carboxylic acids is 2. The van der Waals surface area contributed by atoms with Gasteiger partial charge in [-0.1, -0.05) is 24.3 Å². The number of esters is 1. The molecule has 1 fully saturated rings. The average molecular weight is 263 g/mol. The highest BCUT2D eigenvalue weighted by Gasteiger charge is 2.34. The molecule has 1 heterocycles. The highest BCUT2D eigenvalue weighted by Crippen LogP contribution is 2.21. The van der Waals surface area contributed by atoms with Gasteiger partial charge in [0.15, 0.2) is 0 Å². The summed E-state index contributed by atoms with van der Waals surface area (Å²) in [5.41, 5.74) is 1.76. The Morgan fingerprint density at radius 2 is 2.21 bits per heavy atom. The van der Waals surface area contributed by atoms with Crippen molar-refractivity contribution in [3.8, 4) is 0 Å². The van der Waals surface area contributed by atoms with Crippen LogP contribution in [0.25, 0.3) is 0 Å². The second-order valence-electron chi connectivity index (χ2n) is 4.68. The Kier molecular flexibility index (Phi) is 4.16. The van der Waals surface area contributed by atoms with Gasteiger partial charge in [-0.2, -0.15) is 0 Å². The van der Waals surface area contributed by atoms with E-state index in [-0.39, 0.29) is 30.8 Å². The molecule has 1 amide bonds. The maximum atomic E-state index is 11.8. The normalized spacial score (nSPS) is 18.7. The van der Waals surface area contributed by atoms with E-state index in [1.807, 2.05) is 24.3 Å². The molecule has 0 saturated carbocycles. The second kappa shape index (κ2) is 5.84. The largest absolute Gasteiger partial charge is 0.469 e. The molecular formula is C14H17NO4. The van der Waals surface area contributed by atoms with Gasteiger partial charge in [0.1, 0.15) is 0 Å². The number of nitrogens with zero attached hydrogens (tertiary/aromatic N) is 1. The molecule has 1 aromatic rings. The van der Waals surface area contributed by atoms with Crippen molar-refractivity contribution in [2.45, 2.75) is 19.6 Å². The van der Waals surface area contributed by atoms with E-state index >= 15 is 0 Å². The highest BCUT2D eigenvalue weighted by molar-refractivity contribution is 5.86. The van der Waals surface area contributed by atoms with Crippen molar-refractivity contribution in [2.24, 2.45) is 5.92 Å². The molecule has 2 rings (SSSR count). The number of amides is 1. The predicted octanol–water partition coefficient (Wildman–Crippen LogP) is 0.700. The van der Waals surface area contributed by atoms with Crippen molar-refractivity contribution in [1.29, 1.82) is 0 Å². The lowest BCUT2D eigenvalue weighted by Gasteiger charge is -2.16. The molecule has 1 aliphatic heterocycles. The molecule has 0 spiro atoms. The molecule has 1 aromatic carbocycles. The monoisotopic (exact) mass is 263 g/mol. The van der Waals surface area contributed by atoms with E-state index in [4.69, 9.17) is 5.11 Å². The van der Waals surface area contributed by atoms with Gasteiger partial charge in [0.2, 0.25) is 5.91 Å². The van der Waals surface area contributed by atoms with Crippen LogP contribution in [0.5, 0.6) is 0 Å². The number of aliphatic hydroxyl groups is 1. The zero-order valence-corrected chi connectivity index (χ0v) is 10.8. The molecular weight excluding hydrogens is 246 g/mol. The Bertz CT molecular complexity index is 486. The number of likely N-dealkylation sites (tertiary alicyclic amines) is 1. The number of ether oxygens (including phenoxy) is 1. The molecule has 0 aromatic heterocycles. The minimum absolute atomic E-state index is 0.0213. The van der Waals surface area contributed by atoms with Crippen LogP contribution in [0.3, 0.4) is 0 Å². The smallest absolute Gasteiger partial charge is 0.310 e. The van der Waals surface area contributed by atoms with Gasteiger partial charge in [0, 0.05) is 19.5 Å². The lowest BCUT2D eigenvalue weighted by atomic mass is 10.1. The summed E-state index contributed by atoms with van der Waals surface area (Å²) in [4.78, 5) is 24.9. The molecule has 1 N–H and O–H groups in total. The number of rotatable bonds is 4. The van der Waals surface area contributed by atoms with Crippen LogP contribution in [-0.4, -0.2) is 35.5 Å². The van der Waals surface area contributed by atoms with E-state index in [9.17, 15) is 9.59 Å². The third-order valence-electron chi connectivity index (χ3n) is 3.30. The van der Waals surface area contributed by atoms with Gasteiger partial charge in [-0.05, 0) is 11.1 Å². The molecule has 1 saturated heterocycles. The summed E-state index contributed by atoms with van der Waals surface area (Å²) in [6.07, 6.45) is 0.215. The van der Waals surface area contributed by atoms with Crippen LogP contribution in [0.2, 0.25) is 0 Å². The zero-order valence-electron chi connectivity index (χ0n) is 10.8. The van der Waals surface area contributed by atoms with Crippen molar-refractivity contribution in [3.63, 3.8) is 0 Å². The van der Waals surface area contributed by atoms with E-state index in [0.29, 0.717) is 13.1 Å². The predicted molar refractivity (Wildman–Crippen MR) is 67.9 cm³/mol. The minimum Gasteiger partial charge on any atom is -0.469 e. The van der Waals surface area contributed by atoms with Gasteiger partial charge < -0.3 is 14.7 Å². The molecule has 5 heteroatoms. The minimum atomic E-state index is -0.362. The molecule has 0 aliphatic carbocycles. The SMILES string of the molecule is COC(=O)C1CC(=O)N(Cc2cccc(CO)c2)C1. The van der Waals surface area contributed by atoms with Gasteiger partial charge in [0.25, 0.3) is 0 Å². The molecule has 1 atom stereocenters. The van der Waals surface area contributed by atoms with Crippen LogP contribution in [0, 0.1) is 5.92 Å². The Hall–Kier alpha value is -1.88. The van der Waals surface area contributed by atoms with Crippen molar-refractivity contribution < 1.29 is 19.4 Å². The molecule has 0 radical (unpaired) electrons.